The van der Waals surface area contributed by atoms with Crippen molar-refractivity contribution in [2.24, 2.45) is 0 Å². The van der Waals surface area contributed by atoms with Gasteiger partial charge in [0.15, 0.2) is 5.78 Å². The first-order valence-electron chi connectivity index (χ1n) is 9.68. The lowest BCUT2D eigenvalue weighted by molar-refractivity contribution is 0.0850. The Morgan fingerprint density at radius 2 is 1.20 bits per heavy atom. The molecular weight excluding hydrogens is 308 g/mol. The van der Waals surface area contributed by atoms with E-state index in [9.17, 15) is 4.79 Å². The second-order valence-corrected chi connectivity index (χ2v) is 4.14. The highest BCUT2D eigenvalue weighted by Gasteiger charge is 2.26. The van der Waals surface area contributed by atoms with Gasteiger partial charge in [0, 0.05) is 0 Å². The molecule has 1 aliphatic heterocycles. The Bertz CT molecular complexity index is 547. The van der Waals surface area contributed by atoms with Crippen molar-refractivity contribution < 1.29 is 9.53 Å². The smallest absolute Gasteiger partial charge is 0.170 e. The Kier molecular flexibility index (Phi) is 16.9. The summed E-state index contributed by atoms with van der Waals surface area (Å²) in [5, 5.41) is 0. The summed E-state index contributed by atoms with van der Waals surface area (Å²) in [6, 6.07) is 17.3. The first-order valence-corrected chi connectivity index (χ1v) is 9.68. The SMILES string of the molecule is CC.CC.CC.CC.O=C1CC(c2ccccc2)Oc2ccccc21. The summed E-state index contributed by atoms with van der Waals surface area (Å²) in [7, 11) is 0. The van der Waals surface area contributed by atoms with Crippen molar-refractivity contribution in [3.63, 3.8) is 0 Å². The van der Waals surface area contributed by atoms with E-state index in [1.807, 2.05) is 110 Å². The van der Waals surface area contributed by atoms with Crippen molar-refractivity contribution in [2.75, 3.05) is 0 Å². The van der Waals surface area contributed by atoms with Crippen LogP contribution in [0.4, 0.5) is 0 Å². The standard InChI is InChI=1S/C15H12O2.4C2H6/c16-13-10-15(11-6-2-1-3-7-11)17-14-9-5-4-8-12(13)14;4*1-2/h1-9,15H,10H2;4*1-2H3. The van der Waals surface area contributed by atoms with Crippen LogP contribution in [0, 0.1) is 0 Å². The van der Waals surface area contributed by atoms with Crippen LogP contribution in [0.3, 0.4) is 0 Å². The predicted molar refractivity (Wildman–Crippen MR) is 111 cm³/mol. The van der Waals surface area contributed by atoms with Gasteiger partial charge in [-0.1, -0.05) is 97.9 Å². The number of fused-ring (bicyclic) bond motifs is 1. The predicted octanol–water partition coefficient (Wildman–Crippen LogP) is 7.50. The molecule has 3 rings (SSSR count). The van der Waals surface area contributed by atoms with Gasteiger partial charge in [-0.3, -0.25) is 4.79 Å². The molecule has 1 aliphatic rings. The van der Waals surface area contributed by atoms with Gasteiger partial charge in [0.25, 0.3) is 0 Å². The third-order valence-corrected chi connectivity index (χ3v) is 3.00. The third-order valence-electron chi connectivity index (χ3n) is 3.00. The molecule has 140 valence electrons. The summed E-state index contributed by atoms with van der Waals surface area (Å²) in [6.07, 6.45) is 0.264. The summed E-state index contributed by atoms with van der Waals surface area (Å²) in [5.74, 6) is 0.846. The van der Waals surface area contributed by atoms with Crippen LogP contribution in [0.2, 0.25) is 0 Å². The average Bonchev–Trinajstić information content (AvgIpc) is 2.74. The van der Waals surface area contributed by atoms with Crippen LogP contribution in [-0.4, -0.2) is 5.78 Å². The van der Waals surface area contributed by atoms with Crippen LogP contribution in [0.1, 0.15) is 83.8 Å². The van der Waals surface area contributed by atoms with Gasteiger partial charge in [-0.15, -0.1) is 0 Å². The number of ether oxygens (including phenoxy) is 1. The summed E-state index contributed by atoms with van der Waals surface area (Å²) in [6.45, 7) is 16.0. The molecule has 0 spiro atoms. The van der Waals surface area contributed by atoms with Gasteiger partial charge in [-0.25, -0.2) is 0 Å². The fourth-order valence-electron chi connectivity index (χ4n) is 2.13. The van der Waals surface area contributed by atoms with Crippen molar-refractivity contribution in [2.45, 2.75) is 67.9 Å². The molecule has 0 radical (unpaired) electrons. The van der Waals surface area contributed by atoms with E-state index in [1.54, 1.807) is 0 Å². The van der Waals surface area contributed by atoms with Gasteiger partial charge in [0.05, 0.1) is 12.0 Å². The summed E-state index contributed by atoms with van der Waals surface area (Å²) in [4.78, 5) is 12.0. The van der Waals surface area contributed by atoms with E-state index < -0.39 is 0 Å². The monoisotopic (exact) mass is 344 g/mol. The minimum Gasteiger partial charge on any atom is -0.484 e. The summed E-state index contributed by atoms with van der Waals surface area (Å²) >= 11 is 0. The molecule has 0 saturated carbocycles. The zero-order valence-electron chi connectivity index (χ0n) is 17.3. The fourth-order valence-corrected chi connectivity index (χ4v) is 2.13. The Labute approximate surface area is 155 Å². The number of Topliss-reactive ketones (excluding diaryl/α,β-unsaturated/α-hetero) is 1. The number of para-hydroxylation sites is 1. The molecule has 1 atom stereocenters. The topological polar surface area (TPSA) is 26.3 Å². The molecule has 2 aromatic rings. The molecule has 0 N–H and O–H groups in total. The molecule has 0 saturated heterocycles. The highest BCUT2D eigenvalue weighted by atomic mass is 16.5. The molecule has 1 unspecified atom stereocenters. The third kappa shape index (κ3) is 8.02. The fraction of sp³-hybridized carbons (Fsp3) is 0.435. The Morgan fingerprint density at radius 3 is 1.76 bits per heavy atom. The molecule has 0 amide bonds. The number of hydrogen-bond acceptors (Lipinski definition) is 2. The minimum absolute atomic E-state index is 0.153. The zero-order valence-corrected chi connectivity index (χ0v) is 17.3. The van der Waals surface area contributed by atoms with Crippen LogP contribution in [-0.2, 0) is 0 Å². The van der Waals surface area contributed by atoms with Crippen LogP contribution >= 0.6 is 0 Å². The van der Waals surface area contributed by atoms with Gasteiger partial charge in [-0.2, -0.15) is 0 Å². The molecule has 2 aromatic carbocycles. The van der Waals surface area contributed by atoms with Crippen molar-refractivity contribution in [3.05, 3.63) is 65.7 Å². The quantitative estimate of drug-likeness (QED) is 0.535. The Hall–Kier alpha value is -2.09. The molecule has 0 fully saturated rings. The van der Waals surface area contributed by atoms with Gasteiger partial charge in [0.2, 0.25) is 0 Å². The number of carbonyl (C=O) groups is 1. The maximum Gasteiger partial charge on any atom is 0.170 e. The van der Waals surface area contributed by atoms with E-state index in [-0.39, 0.29) is 11.9 Å². The van der Waals surface area contributed by atoms with E-state index in [0.717, 1.165) is 5.56 Å². The van der Waals surface area contributed by atoms with Crippen molar-refractivity contribution in [3.8, 4) is 5.75 Å². The highest BCUT2D eigenvalue weighted by molar-refractivity contribution is 5.99. The number of hydrogen-bond donors (Lipinski definition) is 0. The maximum atomic E-state index is 12.0. The molecule has 1 heterocycles. The number of ketones is 1. The molecule has 0 aliphatic carbocycles. The van der Waals surface area contributed by atoms with Crippen molar-refractivity contribution >= 4 is 5.78 Å². The maximum absolute atomic E-state index is 12.0. The molecule has 0 bridgehead atoms. The van der Waals surface area contributed by atoms with Crippen LogP contribution in [0.25, 0.3) is 0 Å². The Balaban J connectivity index is 0. The highest BCUT2D eigenvalue weighted by Crippen LogP contribution is 2.34. The second kappa shape index (κ2) is 16.8. The summed E-state index contributed by atoms with van der Waals surface area (Å²) in [5.41, 5.74) is 1.75. The van der Waals surface area contributed by atoms with Gasteiger partial charge >= 0.3 is 0 Å². The first kappa shape index (κ1) is 25.2. The van der Waals surface area contributed by atoms with Crippen LogP contribution in [0.15, 0.2) is 54.6 Å². The van der Waals surface area contributed by atoms with Crippen molar-refractivity contribution in [1.29, 1.82) is 0 Å². The number of benzene rings is 2. The number of rotatable bonds is 1. The molecular formula is C23H36O2. The molecule has 2 heteroatoms. The second-order valence-electron chi connectivity index (χ2n) is 4.14. The first-order chi connectivity index (χ1) is 12.3. The van der Waals surface area contributed by atoms with E-state index in [4.69, 9.17) is 4.74 Å². The van der Waals surface area contributed by atoms with E-state index in [1.165, 1.54) is 0 Å². The molecule has 0 aromatic heterocycles. The normalized spacial score (nSPS) is 13.4. The lowest BCUT2D eigenvalue weighted by Crippen LogP contribution is -2.20. The minimum atomic E-state index is -0.154. The largest absolute Gasteiger partial charge is 0.484 e. The van der Waals surface area contributed by atoms with Crippen molar-refractivity contribution in [1.82, 2.24) is 0 Å². The van der Waals surface area contributed by atoms with Gasteiger partial charge in [0.1, 0.15) is 11.9 Å². The molecule has 25 heavy (non-hydrogen) atoms. The van der Waals surface area contributed by atoms with E-state index in [2.05, 4.69) is 0 Å². The van der Waals surface area contributed by atoms with Gasteiger partial charge in [-0.05, 0) is 17.7 Å². The zero-order chi connectivity index (χ0) is 19.7. The summed E-state index contributed by atoms with van der Waals surface area (Å²) < 4.78 is 5.87. The lowest BCUT2D eigenvalue weighted by Gasteiger charge is -2.25. The van der Waals surface area contributed by atoms with Crippen LogP contribution < -0.4 is 4.74 Å². The van der Waals surface area contributed by atoms with Gasteiger partial charge < -0.3 is 4.74 Å². The van der Waals surface area contributed by atoms with E-state index in [0.29, 0.717) is 17.7 Å². The van der Waals surface area contributed by atoms with E-state index >= 15 is 0 Å². The number of carbonyl (C=O) groups excluding carboxylic acids is 1. The molecule has 2 nitrogen and oxygen atoms in total. The van der Waals surface area contributed by atoms with Crippen LogP contribution in [0.5, 0.6) is 5.75 Å². The average molecular weight is 345 g/mol. The lowest BCUT2D eigenvalue weighted by atomic mass is 9.96. The Morgan fingerprint density at radius 1 is 0.720 bits per heavy atom.